The maximum absolute atomic E-state index is 11.4. The Hall–Kier alpha value is -1.29. The molecule has 1 aromatic rings. The Balaban J connectivity index is 1.64. The van der Waals surface area contributed by atoms with E-state index < -0.39 is 0 Å². The lowest BCUT2D eigenvalue weighted by Crippen LogP contribution is -2.34. The van der Waals surface area contributed by atoms with Gasteiger partial charge in [-0.3, -0.25) is 4.79 Å². The molecule has 1 aromatic heterocycles. The number of nitrogens with one attached hydrogen (secondary N) is 2. The van der Waals surface area contributed by atoms with Gasteiger partial charge in [0.1, 0.15) is 0 Å². The monoisotopic (exact) mass is 235 g/mol. The maximum Gasteiger partial charge on any atom is 0.234 e. The molecule has 17 heavy (non-hydrogen) atoms. The topological polar surface area (TPSA) is 46.1 Å². The lowest BCUT2D eigenvalue weighted by molar-refractivity contribution is -0.120. The highest BCUT2D eigenvalue weighted by atomic mass is 16.2. The van der Waals surface area contributed by atoms with Gasteiger partial charge in [0.25, 0.3) is 0 Å². The van der Waals surface area contributed by atoms with Crippen molar-refractivity contribution >= 4 is 5.91 Å². The second-order valence-corrected chi connectivity index (χ2v) is 4.70. The summed E-state index contributed by atoms with van der Waals surface area (Å²) in [5.41, 5.74) is 1.23. The Morgan fingerprint density at radius 3 is 3.06 bits per heavy atom. The molecule has 0 atom stereocenters. The van der Waals surface area contributed by atoms with Crippen LogP contribution >= 0.6 is 0 Å². The van der Waals surface area contributed by atoms with Gasteiger partial charge in [0, 0.05) is 31.5 Å². The van der Waals surface area contributed by atoms with Gasteiger partial charge < -0.3 is 15.2 Å². The van der Waals surface area contributed by atoms with E-state index in [0.29, 0.717) is 12.6 Å². The summed E-state index contributed by atoms with van der Waals surface area (Å²) in [5.74, 6) is 0.112. The predicted molar refractivity (Wildman–Crippen MR) is 67.6 cm³/mol. The molecule has 0 bridgehead atoms. The minimum Gasteiger partial charge on any atom is -0.354 e. The molecule has 2 N–H and O–H groups in total. The van der Waals surface area contributed by atoms with Crippen molar-refractivity contribution in [1.29, 1.82) is 0 Å². The highest BCUT2D eigenvalue weighted by Gasteiger charge is 2.22. The van der Waals surface area contributed by atoms with E-state index >= 15 is 0 Å². The largest absolute Gasteiger partial charge is 0.354 e. The molecule has 0 aromatic carbocycles. The summed E-state index contributed by atoms with van der Waals surface area (Å²) in [5, 5.41) is 6.12. The lowest BCUT2D eigenvalue weighted by Gasteiger charge is -2.04. The Morgan fingerprint density at radius 2 is 2.35 bits per heavy atom. The zero-order valence-corrected chi connectivity index (χ0v) is 10.4. The average molecular weight is 235 g/mol. The van der Waals surface area contributed by atoms with Crippen LogP contribution in [0.3, 0.4) is 0 Å². The molecule has 1 fully saturated rings. The quantitative estimate of drug-likeness (QED) is 0.747. The van der Waals surface area contributed by atoms with Crippen molar-refractivity contribution in [2.45, 2.75) is 45.3 Å². The van der Waals surface area contributed by atoms with Crippen molar-refractivity contribution in [1.82, 2.24) is 15.2 Å². The van der Waals surface area contributed by atoms with Gasteiger partial charge in [-0.25, -0.2) is 0 Å². The first-order valence-electron chi connectivity index (χ1n) is 6.42. The summed E-state index contributed by atoms with van der Waals surface area (Å²) in [6.45, 7) is 4.40. The van der Waals surface area contributed by atoms with Crippen LogP contribution in [0.2, 0.25) is 0 Å². The fourth-order valence-corrected chi connectivity index (χ4v) is 1.82. The van der Waals surface area contributed by atoms with Gasteiger partial charge in [0.2, 0.25) is 5.91 Å². The summed E-state index contributed by atoms with van der Waals surface area (Å²) in [6, 6.07) is 2.55. The van der Waals surface area contributed by atoms with E-state index in [2.05, 4.69) is 40.6 Å². The molecular formula is C13H21N3O. The molecule has 1 amide bonds. The first kappa shape index (κ1) is 12.2. The van der Waals surface area contributed by atoms with E-state index in [9.17, 15) is 4.79 Å². The van der Waals surface area contributed by atoms with E-state index in [-0.39, 0.29) is 5.91 Å². The molecule has 0 radical (unpaired) electrons. The van der Waals surface area contributed by atoms with Crippen LogP contribution in [0.15, 0.2) is 18.5 Å². The van der Waals surface area contributed by atoms with Crippen molar-refractivity contribution in [3.63, 3.8) is 0 Å². The summed E-state index contributed by atoms with van der Waals surface area (Å²) in [4.78, 5) is 11.4. The lowest BCUT2D eigenvalue weighted by atomic mass is 10.3. The Labute approximate surface area is 102 Å². The molecule has 1 heterocycles. The fraction of sp³-hybridized carbons (Fsp3) is 0.615. The standard InChI is InChI=1S/C13H21N3O/c1-2-6-16-7-5-11(10-16)8-14-9-13(17)15-12-3-4-12/h5,7,10,12,14H,2-4,6,8-9H2,1H3,(H,15,17). The van der Waals surface area contributed by atoms with E-state index in [1.54, 1.807) is 0 Å². The molecule has 4 nitrogen and oxygen atoms in total. The van der Waals surface area contributed by atoms with E-state index in [0.717, 1.165) is 32.4 Å². The highest BCUT2D eigenvalue weighted by molar-refractivity contribution is 5.78. The molecule has 2 rings (SSSR count). The van der Waals surface area contributed by atoms with E-state index in [4.69, 9.17) is 0 Å². The molecule has 1 aliphatic carbocycles. The third-order valence-electron chi connectivity index (χ3n) is 2.85. The van der Waals surface area contributed by atoms with Gasteiger partial charge in [-0.1, -0.05) is 6.92 Å². The molecular weight excluding hydrogens is 214 g/mol. The number of rotatable bonds is 7. The van der Waals surface area contributed by atoms with Crippen molar-refractivity contribution < 1.29 is 4.79 Å². The zero-order chi connectivity index (χ0) is 12.1. The van der Waals surface area contributed by atoms with Crippen LogP contribution in [0.4, 0.5) is 0 Å². The number of nitrogens with zero attached hydrogens (tertiary/aromatic N) is 1. The van der Waals surface area contributed by atoms with Crippen LogP contribution in [-0.4, -0.2) is 23.1 Å². The van der Waals surface area contributed by atoms with E-state index in [1.807, 2.05) is 0 Å². The van der Waals surface area contributed by atoms with Crippen LogP contribution in [0.1, 0.15) is 31.7 Å². The molecule has 0 spiro atoms. The Bertz CT molecular complexity index is 368. The number of hydrogen-bond donors (Lipinski definition) is 2. The summed E-state index contributed by atoms with van der Waals surface area (Å²) in [6.07, 6.45) is 7.66. The second kappa shape index (κ2) is 5.87. The summed E-state index contributed by atoms with van der Waals surface area (Å²) < 4.78 is 2.18. The summed E-state index contributed by atoms with van der Waals surface area (Å²) >= 11 is 0. The first-order valence-corrected chi connectivity index (χ1v) is 6.42. The fourth-order valence-electron chi connectivity index (χ4n) is 1.82. The normalized spacial score (nSPS) is 14.9. The van der Waals surface area contributed by atoms with Gasteiger partial charge in [0.15, 0.2) is 0 Å². The molecule has 0 aliphatic heterocycles. The SMILES string of the molecule is CCCn1ccc(CNCC(=O)NC2CC2)c1. The van der Waals surface area contributed by atoms with Crippen LogP contribution < -0.4 is 10.6 Å². The van der Waals surface area contributed by atoms with Crippen molar-refractivity contribution in [2.24, 2.45) is 0 Å². The molecule has 0 saturated heterocycles. The number of carbonyl (C=O) groups excluding carboxylic acids is 1. The van der Waals surface area contributed by atoms with Crippen molar-refractivity contribution in [3.8, 4) is 0 Å². The number of aryl methyl sites for hydroxylation is 1. The van der Waals surface area contributed by atoms with Gasteiger partial charge in [-0.2, -0.15) is 0 Å². The molecule has 94 valence electrons. The number of amides is 1. The first-order chi connectivity index (χ1) is 8.28. The molecule has 1 saturated carbocycles. The molecule has 4 heteroatoms. The number of hydrogen-bond acceptors (Lipinski definition) is 2. The smallest absolute Gasteiger partial charge is 0.234 e. The zero-order valence-electron chi connectivity index (χ0n) is 10.4. The van der Waals surface area contributed by atoms with Crippen LogP contribution in [0.25, 0.3) is 0 Å². The number of aromatic nitrogens is 1. The van der Waals surface area contributed by atoms with Gasteiger partial charge in [0.05, 0.1) is 6.54 Å². The predicted octanol–water partition coefficient (Wildman–Crippen LogP) is 1.27. The second-order valence-electron chi connectivity index (χ2n) is 4.70. The Kier molecular flexibility index (Phi) is 4.20. The minimum absolute atomic E-state index is 0.112. The van der Waals surface area contributed by atoms with Crippen molar-refractivity contribution in [2.75, 3.05) is 6.54 Å². The maximum atomic E-state index is 11.4. The Morgan fingerprint density at radius 1 is 1.53 bits per heavy atom. The van der Waals surface area contributed by atoms with Crippen LogP contribution in [0.5, 0.6) is 0 Å². The van der Waals surface area contributed by atoms with Crippen molar-refractivity contribution in [3.05, 3.63) is 24.0 Å². The molecule has 1 aliphatic rings. The number of carbonyl (C=O) groups is 1. The third-order valence-corrected chi connectivity index (χ3v) is 2.85. The van der Waals surface area contributed by atoms with Crippen LogP contribution in [0, 0.1) is 0 Å². The van der Waals surface area contributed by atoms with E-state index in [1.165, 1.54) is 5.56 Å². The minimum atomic E-state index is 0.112. The summed E-state index contributed by atoms with van der Waals surface area (Å²) in [7, 11) is 0. The molecule has 0 unspecified atom stereocenters. The van der Waals surface area contributed by atoms with Gasteiger partial charge >= 0.3 is 0 Å². The van der Waals surface area contributed by atoms with Gasteiger partial charge in [-0.15, -0.1) is 0 Å². The highest BCUT2D eigenvalue weighted by Crippen LogP contribution is 2.18. The van der Waals surface area contributed by atoms with Crippen LogP contribution in [-0.2, 0) is 17.9 Å². The van der Waals surface area contributed by atoms with Gasteiger partial charge in [-0.05, 0) is 30.9 Å². The third kappa shape index (κ3) is 4.23. The average Bonchev–Trinajstić information content (AvgIpc) is 2.99.